The SMILES string of the molecule is COc1ccc(-c2ccc3c(c2)C[C@H](CNC(=O)C[C@@H]2C[C@@H](C)NC(=S)N2)O3)nn1. The molecule has 4 rings (SSSR count). The third kappa shape index (κ3) is 4.79. The van der Waals surface area contributed by atoms with Gasteiger partial charge in [-0.05, 0) is 55.4 Å². The first-order valence-corrected chi connectivity index (χ1v) is 10.4. The van der Waals surface area contributed by atoms with E-state index in [2.05, 4.69) is 39.1 Å². The van der Waals surface area contributed by atoms with Gasteiger partial charge in [-0.15, -0.1) is 10.2 Å². The van der Waals surface area contributed by atoms with Crippen molar-refractivity contribution in [2.45, 2.75) is 44.4 Å². The van der Waals surface area contributed by atoms with E-state index in [0.29, 0.717) is 24.0 Å². The predicted octanol–water partition coefficient (Wildman–Crippen LogP) is 1.59. The van der Waals surface area contributed by atoms with Gasteiger partial charge in [-0.3, -0.25) is 4.79 Å². The first kappa shape index (κ1) is 20.3. The number of amides is 1. The molecule has 8 nitrogen and oxygen atoms in total. The lowest BCUT2D eigenvalue weighted by Crippen LogP contribution is -2.54. The Morgan fingerprint density at radius 3 is 2.90 bits per heavy atom. The monoisotopic (exact) mass is 427 g/mol. The largest absolute Gasteiger partial charge is 0.488 e. The Kier molecular flexibility index (Phi) is 5.98. The molecule has 1 fully saturated rings. The van der Waals surface area contributed by atoms with Crippen LogP contribution in [0.25, 0.3) is 11.3 Å². The summed E-state index contributed by atoms with van der Waals surface area (Å²) in [5, 5.41) is 18.1. The number of ether oxygens (including phenoxy) is 2. The van der Waals surface area contributed by atoms with Gasteiger partial charge in [0, 0.05) is 36.6 Å². The van der Waals surface area contributed by atoms with Gasteiger partial charge in [-0.25, -0.2) is 0 Å². The van der Waals surface area contributed by atoms with E-state index in [0.717, 1.165) is 35.4 Å². The van der Waals surface area contributed by atoms with Crippen molar-refractivity contribution in [3.63, 3.8) is 0 Å². The lowest BCUT2D eigenvalue weighted by molar-refractivity contribution is -0.121. The third-order valence-corrected chi connectivity index (χ3v) is 5.49. The highest BCUT2D eigenvalue weighted by molar-refractivity contribution is 7.80. The van der Waals surface area contributed by atoms with Gasteiger partial charge in [0.05, 0.1) is 19.3 Å². The van der Waals surface area contributed by atoms with Crippen molar-refractivity contribution in [3.8, 4) is 22.9 Å². The summed E-state index contributed by atoms with van der Waals surface area (Å²) in [6.07, 6.45) is 1.91. The average Bonchev–Trinajstić information content (AvgIpc) is 3.14. The molecule has 30 heavy (non-hydrogen) atoms. The van der Waals surface area contributed by atoms with Crippen LogP contribution in [-0.4, -0.2) is 53.1 Å². The van der Waals surface area contributed by atoms with E-state index in [1.807, 2.05) is 18.2 Å². The summed E-state index contributed by atoms with van der Waals surface area (Å²) in [6.45, 7) is 2.53. The lowest BCUT2D eigenvalue weighted by Gasteiger charge is -2.30. The Balaban J connectivity index is 1.30. The van der Waals surface area contributed by atoms with Crippen LogP contribution in [0.2, 0.25) is 0 Å². The molecule has 0 unspecified atom stereocenters. The molecule has 3 N–H and O–H groups in total. The number of carbonyl (C=O) groups excluding carboxylic acids is 1. The van der Waals surface area contributed by atoms with Crippen molar-refractivity contribution in [1.82, 2.24) is 26.1 Å². The number of carbonyl (C=O) groups is 1. The summed E-state index contributed by atoms with van der Waals surface area (Å²) in [6, 6.07) is 9.97. The molecule has 2 aliphatic rings. The van der Waals surface area contributed by atoms with Gasteiger partial charge in [0.2, 0.25) is 11.8 Å². The highest BCUT2D eigenvalue weighted by Crippen LogP contribution is 2.32. The highest BCUT2D eigenvalue weighted by atomic mass is 32.1. The van der Waals surface area contributed by atoms with Gasteiger partial charge in [-0.1, -0.05) is 0 Å². The molecule has 2 aromatic rings. The summed E-state index contributed by atoms with van der Waals surface area (Å²) in [7, 11) is 1.56. The second-order valence-corrected chi connectivity index (χ2v) is 8.10. The maximum absolute atomic E-state index is 12.3. The number of rotatable bonds is 6. The first-order valence-electron chi connectivity index (χ1n) is 10.0. The Morgan fingerprint density at radius 1 is 1.30 bits per heavy atom. The van der Waals surface area contributed by atoms with Crippen LogP contribution in [0.5, 0.6) is 11.6 Å². The number of nitrogens with one attached hydrogen (secondary N) is 3. The van der Waals surface area contributed by atoms with E-state index >= 15 is 0 Å². The fourth-order valence-corrected chi connectivity index (χ4v) is 4.20. The number of hydrogen-bond donors (Lipinski definition) is 3. The fourth-order valence-electron chi connectivity index (χ4n) is 3.83. The van der Waals surface area contributed by atoms with Crippen molar-refractivity contribution < 1.29 is 14.3 Å². The molecule has 158 valence electrons. The Hall–Kier alpha value is -2.94. The maximum atomic E-state index is 12.3. The van der Waals surface area contributed by atoms with Crippen LogP contribution in [0, 0.1) is 0 Å². The van der Waals surface area contributed by atoms with E-state index in [4.69, 9.17) is 21.7 Å². The van der Waals surface area contributed by atoms with E-state index in [-0.39, 0.29) is 24.1 Å². The number of aromatic nitrogens is 2. The molecular formula is C21H25N5O3S. The molecule has 0 radical (unpaired) electrons. The van der Waals surface area contributed by atoms with Crippen LogP contribution in [0.3, 0.4) is 0 Å². The molecule has 3 atom stereocenters. The van der Waals surface area contributed by atoms with Crippen LogP contribution in [0.15, 0.2) is 30.3 Å². The molecule has 1 saturated heterocycles. The van der Waals surface area contributed by atoms with Gasteiger partial charge < -0.3 is 25.4 Å². The quantitative estimate of drug-likeness (QED) is 0.598. The van der Waals surface area contributed by atoms with Crippen molar-refractivity contribution in [1.29, 1.82) is 0 Å². The van der Waals surface area contributed by atoms with Crippen molar-refractivity contribution in [3.05, 3.63) is 35.9 Å². The first-order chi connectivity index (χ1) is 14.5. The number of nitrogens with zero attached hydrogens (tertiary/aromatic N) is 2. The van der Waals surface area contributed by atoms with Gasteiger partial charge in [0.15, 0.2) is 5.11 Å². The summed E-state index contributed by atoms with van der Waals surface area (Å²) in [5.41, 5.74) is 2.85. The molecule has 0 bridgehead atoms. The van der Waals surface area contributed by atoms with Crippen molar-refractivity contribution in [2.24, 2.45) is 0 Å². The van der Waals surface area contributed by atoms with E-state index in [1.165, 1.54) is 0 Å². The molecule has 0 aliphatic carbocycles. The van der Waals surface area contributed by atoms with Gasteiger partial charge in [0.1, 0.15) is 11.9 Å². The second-order valence-electron chi connectivity index (χ2n) is 7.69. The number of methoxy groups -OCH3 is 1. The molecule has 0 saturated carbocycles. The summed E-state index contributed by atoms with van der Waals surface area (Å²) < 4.78 is 11.0. The minimum atomic E-state index is -0.0814. The summed E-state index contributed by atoms with van der Waals surface area (Å²) in [5.74, 6) is 1.33. The lowest BCUT2D eigenvalue weighted by atomic mass is 10.0. The number of fused-ring (bicyclic) bond motifs is 1. The molecule has 0 spiro atoms. The van der Waals surface area contributed by atoms with E-state index in [9.17, 15) is 4.79 Å². The van der Waals surface area contributed by atoms with Gasteiger partial charge in [-0.2, -0.15) is 0 Å². The number of thiocarbonyl (C=S) groups is 1. The Bertz CT molecular complexity index is 937. The van der Waals surface area contributed by atoms with Crippen LogP contribution in [-0.2, 0) is 11.2 Å². The topological polar surface area (TPSA) is 97.4 Å². The van der Waals surface area contributed by atoms with E-state index in [1.54, 1.807) is 13.2 Å². The van der Waals surface area contributed by atoms with E-state index < -0.39 is 0 Å². The zero-order chi connectivity index (χ0) is 21.1. The van der Waals surface area contributed by atoms with Crippen molar-refractivity contribution in [2.75, 3.05) is 13.7 Å². The smallest absolute Gasteiger partial charge is 0.233 e. The number of hydrogen-bond acceptors (Lipinski definition) is 6. The maximum Gasteiger partial charge on any atom is 0.233 e. The highest BCUT2D eigenvalue weighted by Gasteiger charge is 2.26. The normalized spacial score (nSPS) is 22.3. The molecule has 1 amide bonds. The van der Waals surface area contributed by atoms with Crippen molar-refractivity contribution >= 4 is 23.2 Å². The molecule has 1 aromatic heterocycles. The zero-order valence-corrected chi connectivity index (χ0v) is 17.8. The Labute approximate surface area is 180 Å². The van der Waals surface area contributed by atoms with Gasteiger partial charge in [0.25, 0.3) is 0 Å². The molecule has 1 aromatic carbocycles. The third-order valence-electron chi connectivity index (χ3n) is 5.26. The molecule has 9 heteroatoms. The average molecular weight is 428 g/mol. The molecule has 2 aliphatic heterocycles. The fraction of sp³-hybridized carbons (Fsp3) is 0.429. The second kappa shape index (κ2) is 8.83. The van der Waals surface area contributed by atoms with Crippen LogP contribution < -0.4 is 25.4 Å². The van der Waals surface area contributed by atoms with Crippen LogP contribution in [0.1, 0.15) is 25.3 Å². The van der Waals surface area contributed by atoms with Crippen LogP contribution in [0.4, 0.5) is 0 Å². The standard InChI is InChI=1S/C21H25N5O3S/c1-12-7-15(24-21(30)23-12)10-19(27)22-11-16-9-14-8-13(3-5-18(14)29-16)17-4-6-20(28-2)26-25-17/h3-6,8,12,15-16H,7,9-11H2,1-2H3,(H,22,27)(H2,23,24,30)/t12-,15+,16-/m1/s1. The predicted molar refractivity (Wildman–Crippen MR) is 117 cm³/mol. The van der Waals surface area contributed by atoms with Gasteiger partial charge >= 0.3 is 0 Å². The summed E-state index contributed by atoms with van der Waals surface area (Å²) >= 11 is 5.17. The molecule has 3 heterocycles. The Morgan fingerprint density at radius 2 is 2.17 bits per heavy atom. The summed E-state index contributed by atoms with van der Waals surface area (Å²) in [4.78, 5) is 12.3. The molecular weight excluding hydrogens is 402 g/mol. The minimum absolute atomic E-state index is 0.00171. The number of benzene rings is 1. The minimum Gasteiger partial charge on any atom is -0.488 e. The zero-order valence-electron chi connectivity index (χ0n) is 17.0. The van der Waals surface area contributed by atoms with Crippen LogP contribution >= 0.6 is 12.2 Å².